The third kappa shape index (κ3) is 3.49. The van der Waals surface area contributed by atoms with E-state index in [0.29, 0.717) is 28.4 Å². The van der Waals surface area contributed by atoms with Crippen molar-refractivity contribution < 1.29 is 19.0 Å². The Labute approximate surface area is 141 Å². The standard InChI is InChI=1S/C19H19NO4/c1-12-5-6-16(18(7-12)24-4)19(21)17(11-20)13-8-14(22-2)10-15(9-13)23-3/h5-10,17H,1-4H3/t17-/m1/s1. The van der Waals surface area contributed by atoms with Crippen LogP contribution in [-0.4, -0.2) is 27.1 Å². The number of hydrogen-bond acceptors (Lipinski definition) is 5. The second-order valence-electron chi connectivity index (χ2n) is 5.28. The van der Waals surface area contributed by atoms with Crippen molar-refractivity contribution in [3.8, 4) is 23.3 Å². The number of benzene rings is 2. The van der Waals surface area contributed by atoms with Gasteiger partial charge < -0.3 is 14.2 Å². The molecule has 0 unspecified atom stereocenters. The molecular formula is C19H19NO4. The third-order valence-corrected chi connectivity index (χ3v) is 3.72. The maximum atomic E-state index is 12.9. The Morgan fingerprint density at radius 3 is 2.12 bits per heavy atom. The number of ether oxygens (including phenoxy) is 3. The van der Waals surface area contributed by atoms with Gasteiger partial charge in [-0.05, 0) is 42.3 Å². The van der Waals surface area contributed by atoms with E-state index in [4.69, 9.17) is 14.2 Å². The lowest BCUT2D eigenvalue weighted by molar-refractivity contribution is 0.0976. The lowest BCUT2D eigenvalue weighted by Gasteiger charge is -2.14. The molecule has 0 saturated carbocycles. The molecule has 0 radical (unpaired) electrons. The Morgan fingerprint density at radius 2 is 1.62 bits per heavy atom. The number of nitriles is 1. The van der Waals surface area contributed by atoms with Crippen LogP contribution in [-0.2, 0) is 0 Å². The van der Waals surface area contributed by atoms with Crippen molar-refractivity contribution in [2.75, 3.05) is 21.3 Å². The van der Waals surface area contributed by atoms with E-state index < -0.39 is 5.92 Å². The second kappa shape index (κ2) is 7.51. The Kier molecular flexibility index (Phi) is 5.43. The number of carbonyl (C=O) groups is 1. The molecule has 0 aliphatic carbocycles. The normalized spacial score (nSPS) is 11.3. The maximum Gasteiger partial charge on any atom is 0.188 e. The molecule has 0 aliphatic rings. The van der Waals surface area contributed by atoms with Gasteiger partial charge in [0.05, 0.1) is 33.0 Å². The fourth-order valence-electron chi connectivity index (χ4n) is 2.44. The van der Waals surface area contributed by atoms with Crippen molar-refractivity contribution in [2.24, 2.45) is 0 Å². The Morgan fingerprint density at radius 1 is 1.00 bits per heavy atom. The Bertz CT molecular complexity index is 770. The number of methoxy groups -OCH3 is 3. The summed E-state index contributed by atoms with van der Waals surface area (Å²) in [7, 11) is 4.54. The molecular weight excluding hydrogens is 306 g/mol. The van der Waals surface area contributed by atoms with Crippen molar-refractivity contribution in [3.63, 3.8) is 0 Å². The highest BCUT2D eigenvalue weighted by molar-refractivity contribution is 6.05. The zero-order chi connectivity index (χ0) is 17.7. The summed E-state index contributed by atoms with van der Waals surface area (Å²) in [5.74, 6) is 0.187. The van der Waals surface area contributed by atoms with Crippen LogP contribution in [0.15, 0.2) is 36.4 Å². The van der Waals surface area contributed by atoms with E-state index >= 15 is 0 Å². The van der Waals surface area contributed by atoms with Crippen molar-refractivity contribution in [2.45, 2.75) is 12.8 Å². The highest BCUT2D eigenvalue weighted by Crippen LogP contribution is 2.31. The van der Waals surface area contributed by atoms with E-state index in [1.165, 1.54) is 21.3 Å². The van der Waals surface area contributed by atoms with Gasteiger partial charge in [-0.25, -0.2) is 0 Å². The third-order valence-electron chi connectivity index (χ3n) is 3.72. The summed E-state index contributed by atoms with van der Waals surface area (Å²) in [5.41, 5.74) is 1.86. The number of rotatable bonds is 6. The van der Waals surface area contributed by atoms with Crippen molar-refractivity contribution in [1.29, 1.82) is 5.26 Å². The fourth-order valence-corrected chi connectivity index (χ4v) is 2.44. The van der Waals surface area contributed by atoms with E-state index in [1.54, 1.807) is 30.3 Å². The number of hydrogen-bond donors (Lipinski definition) is 0. The van der Waals surface area contributed by atoms with Gasteiger partial charge in [0.15, 0.2) is 5.78 Å². The van der Waals surface area contributed by atoms with Crippen LogP contribution in [0.5, 0.6) is 17.2 Å². The zero-order valence-corrected chi connectivity index (χ0v) is 14.1. The molecule has 0 N–H and O–H groups in total. The number of carbonyl (C=O) groups excluding carboxylic acids is 1. The first-order chi connectivity index (χ1) is 11.5. The van der Waals surface area contributed by atoms with E-state index in [2.05, 4.69) is 6.07 Å². The van der Waals surface area contributed by atoms with Gasteiger partial charge in [0.1, 0.15) is 23.2 Å². The molecule has 2 aromatic rings. The molecule has 1 atom stereocenters. The largest absolute Gasteiger partial charge is 0.497 e. The van der Waals surface area contributed by atoms with Gasteiger partial charge in [-0.1, -0.05) is 6.07 Å². The molecule has 0 aromatic heterocycles. The summed E-state index contributed by atoms with van der Waals surface area (Å²) >= 11 is 0. The van der Waals surface area contributed by atoms with Crippen molar-refractivity contribution in [1.82, 2.24) is 0 Å². The average Bonchev–Trinajstić information content (AvgIpc) is 2.61. The van der Waals surface area contributed by atoms with Gasteiger partial charge in [-0.2, -0.15) is 5.26 Å². The van der Waals surface area contributed by atoms with Crippen molar-refractivity contribution in [3.05, 3.63) is 53.1 Å². The summed E-state index contributed by atoms with van der Waals surface area (Å²) in [5, 5.41) is 9.56. The summed E-state index contributed by atoms with van der Waals surface area (Å²) in [6.45, 7) is 1.91. The minimum atomic E-state index is -0.981. The lowest BCUT2D eigenvalue weighted by atomic mass is 9.90. The Balaban J connectivity index is 2.49. The van der Waals surface area contributed by atoms with Crippen LogP contribution >= 0.6 is 0 Å². The predicted molar refractivity (Wildman–Crippen MR) is 90.0 cm³/mol. The van der Waals surface area contributed by atoms with Crippen LogP contribution < -0.4 is 14.2 Å². The van der Waals surface area contributed by atoms with Crippen LogP contribution in [0.25, 0.3) is 0 Å². The molecule has 24 heavy (non-hydrogen) atoms. The van der Waals surface area contributed by atoms with Gasteiger partial charge in [0.25, 0.3) is 0 Å². The number of nitrogens with zero attached hydrogens (tertiary/aromatic N) is 1. The SMILES string of the molecule is COc1cc(OC)cc([C@@H](C#N)C(=O)c2ccc(C)cc2OC)c1. The predicted octanol–water partition coefficient (Wildman–Crippen LogP) is 3.51. The zero-order valence-electron chi connectivity index (χ0n) is 14.1. The first-order valence-corrected chi connectivity index (χ1v) is 7.35. The molecule has 5 heteroatoms. The maximum absolute atomic E-state index is 12.9. The van der Waals surface area contributed by atoms with Gasteiger partial charge in [0, 0.05) is 6.07 Å². The van der Waals surface area contributed by atoms with Crippen LogP contribution in [0, 0.1) is 18.3 Å². The topological polar surface area (TPSA) is 68.5 Å². The minimum Gasteiger partial charge on any atom is -0.497 e. The number of ketones is 1. The highest BCUT2D eigenvalue weighted by atomic mass is 16.5. The fraction of sp³-hybridized carbons (Fsp3) is 0.263. The average molecular weight is 325 g/mol. The first-order valence-electron chi connectivity index (χ1n) is 7.35. The molecule has 124 valence electrons. The second-order valence-corrected chi connectivity index (χ2v) is 5.28. The van der Waals surface area contributed by atoms with E-state index in [9.17, 15) is 10.1 Å². The van der Waals surface area contributed by atoms with Gasteiger partial charge in [0.2, 0.25) is 0 Å². The molecule has 0 bridgehead atoms. The molecule has 2 rings (SSSR count). The summed E-state index contributed by atoms with van der Waals surface area (Å²) in [6.07, 6.45) is 0. The molecule has 0 fully saturated rings. The van der Waals surface area contributed by atoms with E-state index in [0.717, 1.165) is 5.56 Å². The minimum absolute atomic E-state index is 0.329. The van der Waals surface area contributed by atoms with Gasteiger partial charge >= 0.3 is 0 Å². The summed E-state index contributed by atoms with van der Waals surface area (Å²) < 4.78 is 15.7. The highest BCUT2D eigenvalue weighted by Gasteiger charge is 2.25. The van der Waals surface area contributed by atoms with E-state index in [1.807, 2.05) is 13.0 Å². The monoisotopic (exact) mass is 325 g/mol. The molecule has 5 nitrogen and oxygen atoms in total. The van der Waals surface area contributed by atoms with Crippen molar-refractivity contribution >= 4 is 5.78 Å². The van der Waals surface area contributed by atoms with Crippen LogP contribution in [0.1, 0.15) is 27.4 Å². The molecule has 0 heterocycles. The molecule has 0 saturated heterocycles. The molecule has 0 aliphatic heterocycles. The van der Waals surface area contributed by atoms with E-state index in [-0.39, 0.29) is 5.78 Å². The summed E-state index contributed by atoms with van der Waals surface area (Å²) in [4.78, 5) is 12.9. The van der Waals surface area contributed by atoms with Crippen LogP contribution in [0.3, 0.4) is 0 Å². The molecule has 2 aromatic carbocycles. The first kappa shape index (κ1) is 17.4. The summed E-state index contributed by atoms with van der Waals surface area (Å²) in [6, 6.07) is 12.3. The molecule has 0 amide bonds. The number of Topliss-reactive ketones (excluding diaryl/α,β-unsaturated/α-hetero) is 1. The molecule has 0 spiro atoms. The lowest BCUT2D eigenvalue weighted by Crippen LogP contribution is -2.13. The number of aryl methyl sites for hydroxylation is 1. The smallest absolute Gasteiger partial charge is 0.188 e. The van der Waals surface area contributed by atoms with Gasteiger partial charge in [-0.3, -0.25) is 4.79 Å². The quantitative estimate of drug-likeness (QED) is 0.760. The van der Waals surface area contributed by atoms with Crippen LogP contribution in [0.2, 0.25) is 0 Å². The van der Waals surface area contributed by atoms with Crippen LogP contribution in [0.4, 0.5) is 0 Å². The Hall–Kier alpha value is -3.00. The van der Waals surface area contributed by atoms with Gasteiger partial charge in [-0.15, -0.1) is 0 Å².